The van der Waals surface area contributed by atoms with E-state index >= 15 is 0 Å². The molecule has 2 unspecified atom stereocenters. The third-order valence-electron chi connectivity index (χ3n) is 3.98. The number of carbonyl (C=O) groups excluding carboxylic acids is 1. The Bertz CT molecular complexity index is 410. The number of hydrogen-bond acceptors (Lipinski definition) is 2. The number of nitrogens with zero attached hydrogens (tertiary/aromatic N) is 1. The van der Waals surface area contributed by atoms with Gasteiger partial charge in [-0.3, -0.25) is 4.79 Å². The van der Waals surface area contributed by atoms with Gasteiger partial charge in [0.1, 0.15) is 0 Å². The molecule has 0 aliphatic carbocycles. The van der Waals surface area contributed by atoms with E-state index in [-0.39, 0.29) is 12.4 Å². The summed E-state index contributed by atoms with van der Waals surface area (Å²) in [7, 11) is 1.97. The first-order valence-electron chi connectivity index (χ1n) is 7.18. The van der Waals surface area contributed by atoms with Gasteiger partial charge in [0, 0.05) is 19.5 Å². The lowest BCUT2D eigenvalue weighted by molar-refractivity contribution is -0.130. The van der Waals surface area contributed by atoms with E-state index in [0.717, 1.165) is 26.1 Å². The molecule has 1 saturated heterocycles. The summed E-state index contributed by atoms with van der Waals surface area (Å²) in [5.41, 5.74) is 1.25. The fraction of sp³-hybridized carbons (Fsp3) is 0.562. The zero-order chi connectivity index (χ0) is 13.7. The standard InChI is InChI=1S/C16H24N2O.ClH/c1-13(15-6-4-3-5-7-15)10-16(19)18-9-8-14(12-18)11-17-2;/h3-7,13-14,17H,8-12H2,1-2H3;1H. The molecule has 1 N–H and O–H groups in total. The highest BCUT2D eigenvalue weighted by molar-refractivity contribution is 5.85. The molecule has 0 spiro atoms. The second-order valence-electron chi connectivity index (χ2n) is 5.57. The van der Waals surface area contributed by atoms with Gasteiger partial charge in [-0.25, -0.2) is 0 Å². The number of hydrogen-bond donors (Lipinski definition) is 1. The van der Waals surface area contributed by atoms with Crippen LogP contribution in [0.15, 0.2) is 30.3 Å². The Morgan fingerprint density at radius 3 is 2.75 bits per heavy atom. The summed E-state index contributed by atoms with van der Waals surface area (Å²) in [6.45, 7) is 4.99. The predicted octanol–water partition coefficient (Wildman–Crippen LogP) is 2.67. The molecule has 0 bridgehead atoms. The maximum atomic E-state index is 12.3. The van der Waals surface area contributed by atoms with Crippen LogP contribution >= 0.6 is 12.4 Å². The average Bonchev–Trinajstić information content (AvgIpc) is 2.89. The van der Waals surface area contributed by atoms with E-state index < -0.39 is 0 Å². The van der Waals surface area contributed by atoms with E-state index in [1.807, 2.05) is 30.1 Å². The first-order valence-corrected chi connectivity index (χ1v) is 7.18. The van der Waals surface area contributed by atoms with E-state index in [2.05, 4.69) is 24.4 Å². The Labute approximate surface area is 128 Å². The van der Waals surface area contributed by atoms with Gasteiger partial charge >= 0.3 is 0 Å². The van der Waals surface area contributed by atoms with Gasteiger partial charge in [-0.15, -0.1) is 12.4 Å². The van der Waals surface area contributed by atoms with Gasteiger partial charge in [-0.05, 0) is 37.4 Å². The Balaban J connectivity index is 0.00000200. The van der Waals surface area contributed by atoms with Crippen LogP contribution in [-0.2, 0) is 4.79 Å². The Hall–Kier alpha value is -1.06. The van der Waals surface area contributed by atoms with Gasteiger partial charge in [0.15, 0.2) is 0 Å². The molecule has 0 aromatic heterocycles. The van der Waals surface area contributed by atoms with E-state index in [4.69, 9.17) is 0 Å². The van der Waals surface area contributed by atoms with Crippen LogP contribution in [-0.4, -0.2) is 37.5 Å². The van der Waals surface area contributed by atoms with Crippen LogP contribution in [0.1, 0.15) is 31.2 Å². The molecule has 2 atom stereocenters. The highest BCUT2D eigenvalue weighted by Crippen LogP contribution is 2.22. The maximum Gasteiger partial charge on any atom is 0.223 e. The van der Waals surface area contributed by atoms with Crippen molar-refractivity contribution in [2.45, 2.75) is 25.7 Å². The molecule has 4 heteroatoms. The summed E-state index contributed by atoms with van der Waals surface area (Å²) in [4.78, 5) is 14.3. The Kier molecular flexibility index (Phi) is 7.03. The molecule has 3 nitrogen and oxygen atoms in total. The van der Waals surface area contributed by atoms with Gasteiger partial charge in [0.05, 0.1) is 0 Å². The molecule has 20 heavy (non-hydrogen) atoms. The summed E-state index contributed by atoms with van der Waals surface area (Å²) in [6, 6.07) is 10.3. The van der Waals surface area contributed by atoms with E-state index in [1.54, 1.807) is 0 Å². The molecule has 1 aromatic carbocycles. The minimum absolute atomic E-state index is 0. The van der Waals surface area contributed by atoms with Crippen molar-refractivity contribution < 1.29 is 4.79 Å². The molecular formula is C16H25ClN2O. The molecule has 1 aliphatic heterocycles. The molecule has 1 aliphatic rings. The monoisotopic (exact) mass is 296 g/mol. The van der Waals surface area contributed by atoms with E-state index in [0.29, 0.717) is 24.2 Å². The number of carbonyl (C=O) groups is 1. The van der Waals surface area contributed by atoms with Crippen molar-refractivity contribution in [2.24, 2.45) is 5.92 Å². The maximum absolute atomic E-state index is 12.3. The van der Waals surface area contributed by atoms with Crippen LogP contribution in [0, 0.1) is 5.92 Å². The van der Waals surface area contributed by atoms with Crippen LogP contribution in [0.4, 0.5) is 0 Å². The van der Waals surface area contributed by atoms with Crippen molar-refractivity contribution in [1.29, 1.82) is 0 Å². The van der Waals surface area contributed by atoms with Crippen molar-refractivity contribution in [3.63, 3.8) is 0 Å². The third-order valence-corrected chi connectivity index (χ3v) is 3.98. The van der Waals surface area contributed by atoms with Crippen molar-refractivity contribution >= 4 is 18.3 Å². The third kappa shape index (κ3) is 4.50. The molecule has 1 heterocycles. The molecule has 1 fully saturated rings. The number of benzene rings is 1. The van der Waals surface area contributed by atoms with Gasteiger partial charge in [-0.2, -0.15) is 0 Å². The number of halogens is 1. The van der Waals surface area contributed by atoms with Crippen LogP contribution in [0.5, 0.6) is 0 Å². The quantitative estimate of drug-likeness (QED) is 0.906. The molecule has 1 amide bonds. The highest BCUT2D eigenvalue weighted by Gasteiger charge is 2.26. The van der Waals surface area contributed by atoms with E-state index in [9.17, 15) is 4.79 Å². The zero-order valence-corrected chi connectivity index (χ0v) is 13.2. The first-order chi connectivity index (χ1) is 9.20. The fourth-order valence-electron chi connectivity index (χ4n) is 2.80. The second kappa shape index (κ2) is 8.28. The summed E-state index contributed by atoms with van der Waals surface area (Å²) in [5.74, 6) is 1.23. The minimum Gasteiger partial charge on any atom is -0.342 e. The summed E-state index contributed by atoms with van der Waals surface area (Å²) in [5, 5.41) is 3.20. The zero-order valence-electron chi connectivity index (χ0n) is 12.3. The SMILES string of the molecule is CNCC1CCN(C(=O)CC(C)c2ccccc2)C1.Cl. The first kappa shape index (κ1) is 17.0. The van der Waals surface area contributed by atoms with Crippen molar-refractivity contribution in [1.82, 2.24) is 10.2 Å². The largest absolute Gasteiger partial charge is 0.342 e. The molecule has 0 saturated carbocycles. The number of nitrogens with one attached hydrogen (secondary N) is 1. The van der Waals surface area contributed by atoms with Crippen molar-refractivity contribution in [2.75, 3.05) is 26.7 Å². The van der Waals surface area contributed by atoms with Gasteiger partial charge in [-0.1, -0.05) is 37.3 Å². The lowest BCUT2D eigenvalue weighted by Crippen LogP contribution is -2.31. The number of amides is 1. The summed E-state index contributed by atoms with van der Waals surface area (Å²) in [6.07, 6.45) is 1.75. The van der Waals surface area contributed by atoms with E-state index in [1.165, 1.54) is 5.56 Å². The molecule has 2 rings (SSSR count). The number of rotatable bonds is 5. The number of likely N-dealkylation sites (tertiary alicyclic amines) is 1. The summed E-state index contributed by atoms with van der Waals surface area (Å²) < 4.78 is 0. The molecule has 0 radical (unpaired) electrons. The smallest absolute Gasteiger partial charge is 0.223 e. The second-order valence-corrected chi connectivity index (χ2v) is 5.57. The van der Waals surface area contributed by atoms with Crippen LogP contribution in [0.3, 0.4) is 0 Å². The molecular weight excluding hydrogens is 272 g/mol. The molecule has 1 aromatic rings. The van der Waals surface area contributed by atoms with Crippen molar-refractivity contribution in [3.05, 3.63) is 35.9 Å². The predicted molar refractivity (Wildman–Crippen MR) is 85.3 cm³/mol. The molecule has 112 valence electrons. The topological polar surface area (TPSA) is 32.3 Å². The van der Waals surface area contributed by atoms with Gasteiger partial charge in [0.25, 0.3) is 0 Å². The highest BCUT2D eigenvalue weighted by atomic mass is 35.5. The normalized spacial score (nSPS) is 19.5. The fourth-order valence-corrected chi connectivity index (χ4v) is 2.80. The lowest BCUT2D eigenvalue weighted by atomic mass is 9.97. The van der Waals surface area contributed by atoms with Gasteiger partial charge in [0.2, 0.25) is 5.91 Å². The van der Waals surface area contributed by atoms with Gasteiger partial charge < -0.3 is 10.2 Å². The van der Waals surface area contributed by atoms with Crippen molar-refractivity contribution in [3.8, 4) is 0 Å². The van der Waals surface area contributed by atoms with Crippen LogP contribution in [0.25, 0.3) is 0 Å². The Morgan fingerprint density at radius 1 is 1.40 bits per heavy atom. The minimum atomic E-state index is 0. The average molecular weight is 297 g/mol. The Morgan fingerprint density at radius 2 is 2.10 bits per heavy atom. The van der Waals surface area contributed by atoms with Crippen LogP contribution in [0.2, 0.25) is 0 Å². The van der Waals surface area contributed by atoms with Crippen LogP contribution < -0.4 is 5.32 Å². The lowest BCUT2D eigenvalue weighted by Gasteiger charge is -2.19. The summed E-state index contributed by atoms with van der Waals surface area (Å²) >= 11 is 0.